The Bertz CT molecular complexity index is 2180. The average molecular weight is 632 g/mol. The molecule has 7 rings (SSSR count). The van der Waals surface area contributed by atoms with Gasteiger partial charge in [0.2, 0.25) is 10.0 Å². The second kappa shape index (κ2) is 11.1. The topological polar surface area (TPSA) is 120 Å². The highest BCUT2D eigenvalue weighted by molar-refractivity contribution is 7.88. The molecule has 1 aliphatic heterocycles. The number of hydrogen-bond donors (Lipinski definition) is 3. The number of aromatic amines is 2. The first kappa shape index (κ1) is 29.1. The van der Waals surface area contributed by atoms with E-state index >= 15 is 0 Å². The van der Waals surface area contributed by atoms with Crippen LogP contribution in [0.1, 0.15) is 17.5 Å². The molecule has 1 saturated heterocycles. The molecule has 5 heterocycles. The number of halogens is 3. The van der Waals surface area contributed by atoms with E-state index in [1.54, 1.807) is 35.8 Å². The maximum Gasteiger partial charge on any atom is 0.261 e. The van der Waals surface area contributed by atoms with Crippen LogP contribution >= 0.6 is 0 Å². The van der Waals surface area contributed by atoms with Crippen molar-refractivity contribution in [1.29, 1.82) is 0 Å². The van der Waals surface area contributed by atoms with Gasteiger partial charge in [-0.3, -0.25) is 20.0 Å². The molecule has 0 radical (unpaired) electrons. The fourth-order valence-corrected chi connectivity index (χ4v) is 6.29. The van der Waals surface area contributed by atoms with Gasteiger partial charge >= 0.3 is 0 Å². The number of H-pyrrole nitrogens is 2. The first-order valence-corrected chi connectivity index (χ1v) is 16.1. The summed E-state index contributed by atoms with van der Waals surface area (Å²) < 4.78 is 67.6. The Kier molecular flexibility index (Phi) is 7.18. The molecular weight excluding hydrogens is 603 g/mol. The van der Waals surface area contributed by atoms with Crippen molar-refractivity contribution in [3.8, 4) is 33.6 Å². The standard InChI is InChI=1S/C32H28F3N7O2S/c1-45(43,44)38-13-19-6-22(9-24(33)8-19)27-15-37-16-30-25(27)11-29(39-30)31-26-10-21(2-3-28(26)40-41-31)23-7-20(12-36-14-23)17-42-5-4-32(34,35)18-42/h2-3,6-12,14-16,38-39H,4-5,13,17-18H2,1H3,(H,40,41). The van der Waals surface area contributed by atoms with Gasteiger partial charge in [0.15, 0.2) is 0 Å². The number of alkyl halides is 2. The highest BCUT2D eigenvalue weighted by Gasteiger charge is 2.37. The van der Waals surface area contributed by atoms with Gasteiger partial charge in [-0.05, 0) is 64.7 Å². The number of sulfonamides is 1. The molecule has 6 aromatic rings. The molecule has 0 spiro atoms. The molecule has 0 bridgehead atoms. The van der Waals surface area contributed by atoms with E-state index < -0.39 is 21.8 Å². The summed E-state index contributed by atoms with van der Waals surface area (Å²) >= 11 is 0. The second-order valence-corrected chi connectivity index (χ2v) is 13.3. The number of benzene rings is 2. The van der Waals surface area contributed by atoms with Crippen molar-refractivity contribution in [2.75, 3.05) is 19.3 Å². The fourth-order valence-electron chi connectivity index (χ4n) is 5.86. The van der Waals surface area contributed by atoms with Gasteiger partial charge < -0.3 is 4.98 Å². The second-order valence-electron chi connectivity index (χ2n) is 11.5. The molecule has 1 aliphatic rings. The summed E-state index contributed by atoms with van der Waals surface area (Å²) in [6.07, 6.45) is 7.71. The van der Waals surface area contributed by atoms with Gasteiger partial charge in [-0.1, -0.05) is 6.07 Å². The molecule has 0 saturated carbocycles. The molecule has 0 amide bonds. The number of likely N-dealkylation sites (tertiary alicyclic amines) is 1. The zero-order valence-corrected chi connectivity index (χ0v) is 24.9. The minimum absolute atomic E-state index is 0.0421. The minimum Gasteiger partial charge on any atom is -0.352 e. The lowest BCUT2D eigenvalue weighted by Gasteiger charge is -2.15. The van der Waals surface area contributed by atoms with Crippen molar-refractivity contribution < 1.29 is 21.6 Å². The minimum atomic E-state index is -3.45. The van der Waals surface area contributed by atoms with Crippen LogP contribution in [-0.4, -0.2) is 63.7 Å². The molecule has 9 nitrogen and oxygen atoms in total. The van der Waals surface area contributed by atoms with Crippen molar-refractivity contribution in [2.24, 2.45) is 0 Å². The van der Waals surface area contributed by atoms with Crippen molar-refractivity contribution in [1.82, 2.24) is 34.8 Å². The van der Waals surface area contributed by atoms with E-state index in [1.165, 1.54) is 12.1 Å². The van der Waals surface area contributed by atoms with Crippen LogP contribution in [0.5, 0.6) is 0 Å². The Morgan fingerprint density at radius 3 is 2.53 bits per heavy atom. The number of nitrogens with one attached hydrogen (secondary N) is 3. The Balaban J connectivity index is 1.22. The molecule has 0 unspecified atom stereocenters. The summed E-state index contributed by atoms with van der Waals surface area (Å²) in [4.78, 5) is 13.9. The first-order valence-electron chi connectivity index (χ1n) is 14.2. The lowest BCUT2D eigenvalue weighted by Crippen LogP contribution is -2.24. The third-order valence-electron chi connectivity index (χ3n) is 7.95. The van der Waals surface area contributed by atoms with Crippen LogP contribution in [0, 0.1) is 5.82 Å². The van der Waals surface area contributed by atoms with E-state index in [1.807, 2.05) is 30.3 Å². The lowest BCUT2D eigenvalue weighted by atomic mass is 10.0. The van der Waals surface area contributed by atoms with Crippen LogP contribution in [0.4, 0.5) is 13.2 Å². The smallest absolute Gasteiger partial charge is 0.261 e. The van der Waals surface area contributed by atoms with Crippen LogP contribution in [0.2, 0.25) is 0 Å². The van der Waals surface area contributed by atoms with Gasteiger partial charge in [-0.2, -0.15) is 5.10 Å². The molecule has 0 atom stereocenters. The number of fused-ring (bicyclic) bond motifs is 2. The largest absolute Gasteiger partial charge is 0.352 e. The summed E-state index contributed by atoms with van der Waals surface area (Å²) in [6.45, 7) is 0.468. The van der Waals surface area contributed by atoms with Crippen LogP contribution in [0.25, 0.3) is 55.4 Å². The van der Waals surface area contributed by atoms with E-state index in [9.17, 15) is 21.6 Å². The number of aromatic nitrogens is 5. The summed E-state index contributed by atoms with van der Waals surface area (Å²) in [5.41, 5.74) is 7.28. The molecule has 0 aliphatic carbocycles. The summed E-state index contributed by atoms with van der Waals surface area (Å²) in [7, 11) is -3.45. The van der Waals surface area contributed by atoms with Crippen molar-refractivity contribution in [3.63, 3.8) is 0 Å². The Morgan fingerprint density at radius 1 is 0.911 bits per heavy atom. The summed E-state index contributed by atoms with van der Waals surface area (Å²) in [5.74, 6) is -3.14. The van der Waals surface area contributed by atoms with Crippen molar-refractivity contribution in [2.45, 2.75) is 25.4 Å². The zero-order chi connectivity index (χ0) is 31.3. The van der Waals surface area contributed by atoms with Crippen LogP contribution in [0.3, 0.4) is 0 Å². The van der Waals surface area contributed by atoms with Crippen LogP contribution < -0.4 is 4.72 Å². The highest BCUT2D eigenvalue weighted by atomic mass is 32.2. The summed E-state index contributed by atoms with van der Waals surface area (Å²) in [5, 5.41) is 9.31. The van der Waals surface area contributed by atoms with Gasteiger partial charge in [0.25, 0.3) is 5.92 Å². The summed E-state index contributed by atoms with van der Waals surface area (Å²) in [6, 6.07) is 14.2. The average Bonchev–Trinajstić information content (AvgIpc) is 3.71. The number of hydrogen-bond acceptors (Lipinski definition) is 6. The van der Waals surface area contributed by atoms with Crippen LogP contribution in [0.15, 0.2) is 73.3 Å². The Morgan fingerprint density at radius 2 is 1.73 bits per heavy atom. The third-order valence-corrected chi connectivity index (χ3v) is 8.62. The van der Waals surface area contributed by atoms with Gasteiger partial charge in [0, 0.05) is 66.5 Å². The monoisotopic (exact) mass is 631 g/mol. The quantitative estimate of drug-likeness (QED) is 0.194. The highest BCUT2D eigenvalue weighted by Crippen LogP contribution is 2.36. The van der Waals surface area contributed by atoms with Gasteiger partial charge in [0.1, 0.15) is 11.5 Å². The van der Waals surface area contributed by atoms with E-state index in [2.05, 4.69) is 29.9 Å². The number of rotatable bonds is 8. The Labute approximate surface area is 256 Å². The molecule has 1 fully saturated rings. The number of nitrogens with zero attached hydrogens (tertiary/aromatic N) is 4. The first-order chi connectivity index (χ1) is 21.5. The predicted octanol–water partition coefficient (Wildman–Crippen LogP) is 5.86. The molecule has 13 heteroatoms. The van der Waals surface area contributed by atoms with E-state index in [4.69, 9.17) is 0 Å². The zero-order valence-electron chi connectivity index (χ0n) is 24.1. The van der Waals surface area contributed by atoms with E-state index in [0.717, 1.165) is 50.4 Å². The van der Waals surface area contributed by atoms with Crippen molar-refractivity contribution in [3.05, 3.63) is 90.3 Å². The molecule has 230 valence electrons. The number of pyridine rings is 2. The SMILES string of the molecule is CS(=O)(=O)NCc1cc(F)cc(-c2cncc3[nH]c(-c4n[nH]c5ccc(-c6cncc(CN7CCC(F)(F)C7)c6)cc45)cc23)c1. The Hall–Kier alpha value is -4.59. The molecule has 4 aromatic heterocycles. The van der Waals surface area contributed by atoms with Crippen molar-refractivity contribution >= 4 is 31.8 Å². The van der Waals surface area contributed by atoms with E-state index in [0.29, 0.717) is 35.5 Å². The van der Waals surface area contributed by atoms with E-state index in [-0.39, 0.29) is 19.5 Å². The predicted molar refractivity (Wildman–Crippen MR) is 166 cm³/mol. The molecule has 3 N–H and O–H groups in total. The van der Waals surface area contributed by atoms with Gasteiger partial charge in [-0.15, -0.1) is 0 Å². The molecule has 45 heavy (non-hydrogen) atoms. The third kappa shape index (κ3) is 6.19. The maximum atomic E-state index is 14.6. The van der Waals surface area contributed by atoms with Gasteiger partial charge in [0.05, 0.1) is 35.7 Å². The molecular formula is C32H28F3N7O2S. The normalized spacial score (nSPS) is 15.4. The fraction of sp³-hybridized carbons (Fsp3) is 0.219. The van der Waals surface area contributed by atoms with Crippen LogP contribution in [-0.2, 0) is 23.1 Å². The molecule has 2 aromatic carbocycles. The lowest BCUT2D eigenvalue weighted by molar-refractivity contribution is 0.0115. The maximum absolute atomic E-state index is 14.6. The van der Waals surface area contributed by atoms with Gasteiger partial charge in [-0.25, -0.2) is 26.3 Å².